The van der Waals surface area contributed by atoms with Crippen molar-refractivity contribution in [1.29, 1.82) is 0 Å². The second-order valence-corrected chi connectivity index (χ2v) is 5.88. The Morgan fingerprint density at radius 1 is 1.38 bits per heavy atom. The molecule has 1 saturated heterocycles. The average Bonchev–Trinajstić information content (AvgIpc) is 2.47. The summed E-state index contributed by atoms with van der Waals surface area (Å²) < 4.78 is 0. The van der Waals surface area contributed by atoms with Crippen molar-refractivity contribution in [2.24, 2.45) is 0 Å². The van der Waals surface area contributed by atoms with Crippen LogP contribution in [0.2, 0.25) is 0 Å². The second-order valence-electron chi connectivity index (χ2n) is 5.88. The molecule has 1 aliphatic carbocycles. The SMILES string of the molecule is O=C1CN(CC2CCCc3ccccc32)C(C(=O)O)CN1. The van der Waals surface area contributed by atoms with Crippen LogP contribution in [-0.2, 0) is 16.0 Å². The summed E-state index contributed by atoms with van der Waals surface area (Å²) in [6, 6.07) is 7.76. The molecule has 2 atom stereocenters. The number of piperazine rings is 1. The number of hydrogen-bond donors (Lipinski definition) is 2. The fraction of sp³-hybridized carbons (Fsp3) is 0.500. The number of aryl methyl sites for hydroxylation is 1. The summed E-state index contributed by atoms with van der Waals surface area (Å²) in [6.45, 7) is 1.01. The van der Waals surface area contributed by atoms with E-state index in [0.29, 0.717) is 12.5 Å². The third kappa shape index (κ3) is 2.93. The van der Waals surface area contributed by atoms with Crippen LogP contribution in [0.4, 0.5) is 0 Å². The summed E-state index contributed by atoms with van der Waals surface area (Å²) in [4.78, 5) is 24.8. The number of benzene rings is 1. The number of carboxylic acid groups (broad SMARTS) is 1. The summed E-state index contributed by atoms with van der Waals surface area (Å²) in [5.74, 6) is -0.626. The minimum absolute atomic E-state index is 0.0865. The zero-order valence-corrected chi connectivity index (χ0v) is 11.9. The number of carbonyl (C=O) groups excluding carboxylic acids is 1. The molecule has 3 rings (SSSR count). The molecular weight excluding hydrogens is 268 g/mol. The van der Waals surface area contributed by atoms with Crippen molar-refractivity contribution in [3.8, 4) is 0 Å². The summed E-state index contributed by atoms with van der Waals surface area (Å²) in [6.07, 6.45) is 3.27. The normalized spacial score (nSPS) is 26.0. The summed E-state index contributed by atoms with van der Waals surface area (Å²) in [7, 11) is 0. The van der Waals surface area contributed by atoms with Crippen molar-refractivity contribution < 1.29 is 14.7 Å². The number of carbonyl (C=O) groups is 2. The molecule has 1 aromatic carbocycles. The standard InChI is InChI=1S/C16H20N2O3/c19-15-10-18(14(8-17-15)16(20)21)9-12-6-3-5-11-4-1-2-7-13(11)12/h1-2,4,7,12,14H,3,5-6,8-10H2,(H,17,19)(H,20,21). The Balaban J connectivity index is 1.79. The molecule has 5 nitrogen and oxygen atoms in total. The van der Waals surface area contributed by atoms with Crippen LogP contribution in [0.15, 0.2) is 24.3 Å². The fourth-order valence-electron chi connectivity index (χ4n) is 3.45. The van der Waals surface area contributed by atoms with Gasteiger partial charge >= 0.3 is 5.97 Å². The van der Waals surface area contributed by atoms with Crippen molar-refractivity contribution in [2.45, 2.75) is 31.2 Å². The number of amides is 1. The molecule has 2 N–H and O–H groups in total. The predicted molar refractivity (Wildman–Crippen MR) is 78.1 cm³/mol. The van der Waals surface area contributed by atoms with E-state index in [1.807, 2.05) is 11.0 Å². The summed E-state index contributed by atoms with van der Waals surface area (Å²) in [5.41, 5.74) is 2.68. The van der Waals surface area contributed by atoms with Crippen LogP contribution < -0.4 is 5.32 Å². The number of carboxylic acids is 1. The molecule has 0 radical (unpaired) electrons. The van der Waals surface area contributed by atoms with Crippen LogP contribution in [0.1, 0.15) is 29.9 Å². The third-order valence-corrected chi connectivity index (χ3v) is 4.51. The van der Waals surface area contributed by atoms with E-state index >= 15 is 0 Å². The molecule has 1 aliphatic heterocycles. The lowest BCUT2D eigenvalue weighted by molar-refractivity contribution is -0.146. The Labute approximate surface area is 123 Å². The highest BCUT2D eigenvalue weighted by molar-refractivity contribution is 5.83. The van der Waals surface area contributed by atoms with E-state index in [-0.39, 0.29) is 19.0 Å². The number of aliphatic carboxylic acids is 1. The first-order valence-corrected chi connectivity index (χ1v) is 7.46. The first-order valence-electron chi connectivity index (χ1n) is 7.46. The van der Waals surface area contributed by atoms with E-state index in [2.05, 4.69) is 23.5 Å². The van der Waals surface area contributed by atoms with Gasteiger partial charge in [-0.2, -0.15) is 0 Å². The van der Waals surface area contributed by atoms with Gasteiger partial charge in [0.1, 0.15) is 6.04 Å². The van der Waals surface area contributed by atoms with Crippen LogP contribution in [0.25, 0.3) is 0 Å². The van der Waals surface area contributed by atoms with Gasteiger partial charge in [-0.1, -0.05) is 24.3 Å². The molecule has 112 valence electrons. The van der Waals surface area contributed by atoms with Gasteiger partial charge in [0, 0.05) is 13.1 Å². The molecule has 0 bridgehead atoms. The van der Waals surface area contributed by atoms with Gasteiger partial charge in [0.25, 0.3) is 0 Å². The van der Waals surface area contributed by atoms with E-state index < -0.39 is 12.0 Å². The van der Waals surface area contributed by atoms with Crippen LogP contribution in [0.3, 0.4) is 0 Å². The Morgan fingerprint density at radius 2 is 2.19 bits per heavy atom. The first-order chi connectivity index (χ1) is 10.1. The molecule has 21 heavy (non-hydrogen) atoms. The van der Waals surface area contributed by atoms with Gasteiger partial charge in [0.05, 0.1) is 6.54 Å². The highest BCUT2D eigenvalue weighted by Crippen LogP contribution is 2.32. The molecule has 1 fully saturated rings. The van der Waals surface area contributed by atoms with Crippen molar-refractivity contribution in [2.75, 3.05) is 19.6 Å². The Kier molecular flexibility index (Phi) is 3.92. The lowest BCUT2D eigenvalue weighted by atomic mass is 9.82. The van der Waals surface area contributed by atoms with Gasteiger partial charge < -0.3 is 10.4 Å². The topological polar surface area (TPSA) is 69.6 Å². The quantitative estimate of drug-likeness (QED) is 0.870. The van der Waals surface area contributed by atoms with Crippen LogP contribution in [0.5, 0.6) is 0 Å². The molecule has 5 heteroatoms. The molecule has 2 unspecified atom stereocenters. The van der Waals surface area contributed by atoms with Crippen molar-refractivity contribution in [1.82, 2.24) is 10.2 Å². The maximum Gasteiger partial charge on any atom is 0.322 e. The molecule has 0 aromatic heterocycles. The zero-order valence-electron chi connectivity index (χ0n) is 11.9. The van der Waals surface area contributed by atoms with Crippen LogP contribution >= 0.6 is 0 Å². The highest BCUT2D eigenvalue weighted by atomic mass is 16.4. The summed E-state index contributed by atoms with van der Waals surface area (Å²) >= 11 is 0. The molecular formula is C16H20N2O3. The molecule has 1 aromatic rings. The van der Waals surface area contributed by atoms with Gasteiger partial charge in [-0.15, -0.1) is 0 Å². The summed E-state index contributed by atoms with van der Waals surface area (Å²) in [5, 5.41) is 12.0. The van der Waals surface area contributed by atoms with E-state index in [0.717, 1.165) is 19.3 Å². The van der Waals surface area contributed by atoms with Gasteiger partial charge in [-0.3, -0.25) is 14.5 Å². The Hall–Kier alpha value is -1.88. The van der Waals surface area contributed by atoms with E-state index in [9.17, 15) is 14.7 Å². The van der Waals surface area contributed by atoms with Crippen molar-refractivity contribution in [3.63, 3.8) is 0 Å². The molecule has 2 aliphatic rings. The smallest absolute Gasteiger partial charge is 0.322 e. The number of rotatable bonds is 3. The molecule has 1 amide bonds. The average molecular weight is 288 g/mol. The number of nitrogens with zero attached hydrogens (tertiary/aromatic N) is 1. The van der Waals surface area contributed by atoms with Gasteiger partial charge in [0.2, 0.25) is 5.91 Å². The highest BCUT2D eigenvalue weighted by Gasteiger charge is 2.34. The zero-order chi connectivity index (χ0) is 14.8. The van der Waals surface area contributed by atoms with Crippen molar-refractivity contribution >= 4 is 11.9 Å². The van der Waals surface area contributed by atoms with E-state index in [1.165, 1.54) is 11.1 Å². The molecule has 0 spiro atoms. The Bertz CT molecular complexity index is 558. The van der Waals surface area contributed by atoms with Crippen LogP contribution in [0, 0.1) is 0 Å². The third-order valence-electron chi connectivity index (χ3n) is 4.51. The maximum atomic E-state index is 11.6. The van der Waals surface area contributed by atoms with Gasteiger partial charge in [0.15, 0.2) is 0 Å². The van der Waals surface area contributed by atoms with E-state index in [4.69, 9.17) is 0 Å². The van der Waals surface area contributed by atoms with E-state index in [1.54, 1.807) is 0 Å². The number of fused-ring (bicyclic) bond motifs is 1. The second kappa shape index (κ2) is 5.85. The monoisotopic (exact) mass is 288 g/mol. The lowest BCUT2D eigenvalue weighted by Gasteiger charge is -2.36. The first kappa shape index (κ1) is 14.1. The van der Waals surface area contributed by atoms with Crippen LogP contribution in [-0.4, -0.2) is 47.6 Å². The Morgan fingerprint density at radius 3 is 3.00 bits per heavy atom. The molecule has 0 saturated carbocycles. The van der Waals surface area contributed by atoms with Gasteiger partial charge in [-0.05, 0) is 36.3 Å². The largest absolute Gasteiger partial charge is 0.480 e. The minimum atomic E-state index is -0.862. The number of hydrogen-bond acceptors (Lipinski definition) is 3. The maximum absolute atomic E-state index is 11.6. The minimum Gasteiger partial charge on any atom is -0.480 e. The molecule has 1 heterocycles. The predicted octanol–water partition coefficient (Wildman–Crippen LogP) is 0.992. The van der Waals surface area contributed by atoms with Gasteiger partial charge in [-0.25, -0.2) is 0 Å². The fourth-order valence-corrected chi connectivity index (χ4v) is 3.45. The number of nitrogens with one attached hydrogen (secondary N) is 1. The van der Waals surface area contributed by atoms with Crippen molar-refractivity contribution in [3.05, 3.63) is 35.4 Å². The lowest BCUT2D eigenvalue weighted by Crippen LogP contribution is -2.58.